The first-order chi connectivity index (χ1) is 6.40. The quantitative estimate of drug-likeness (QED) is 0.772. The van der Waals surface area contributed by atoms with E-state index in [1.54, 1.807) is 0 Å². The molecule has 1 fully saturated rings. The molecule has 3 nitrogen and oxygen atoms in total. The minimum Gasteiger partial charge on any atom is -0.445 e. The van der Waals surface area contributed by atoms with Gasteiger partial charge in [-0.3, -0.25) is 0 Å². The van der Waals surface area contributed by atoms with Crippen molar-refractivity contribution in [2.75, 3.05) is 6.54 Å². The molecule has 0 atom stereocenters. The van der Waals surface area contributed by atoms with Gasteiger partial charge in [0.25, 0.3) is 0 Å². The van der Waals surface area contributed by atoms with Crippen LogP contribution in [-0.4, -0.2) is 11.5 Å². The summed E-state index contributed by atoms with van der Waals surface area (Å²) in [6.07, 6.45) is 7.82. The summed E-state index contributed by atoms with van der Waals surface area (Å²) in [6, 6.07) is 0. The smallest absolute Gasteiger partial charge is 0.195 e. The van der Waals surface area contributed by atoms with E-state index in [2.05, 4.69) is 4.98 Å². The Balaban J connectivity index is 2.03. The van der Waals surface area contributed by atoms with Crippen LogP contribution in [0.2, 0.25) is 0 Å². The molecule has 0 unspecified atom stereocenters. The largest absolute Gasteiger partial charge is 0.445 e. The van der Waals surface area contributed by atoms with Gasteiger partial charge in [-0.15, -0.1) is 0 Å². The zero-order valence-corrected chi connectivity index (χ0v) is 7.83. The van der Waals surface area contributed by atoms with Crippen LogP contribution in [0.4, 0.5) is 0 Å². The van der Waals surface area contributed by atoms with Gasteiger partial charge >= 0.3 is 0 Å². The highest BCUT2D eigenvalue weighted by Gasteiger charge is 2.20. The second-order valence-electron chi connectivity index (χ2n) is 3.68. The molecular weight excluding hydrogens is 164 g/mol. The van der Waals surface area contributed by atoms with Gasteiger partial charge in [0.1, 0.15) is 5.76 Å². The number of nitrogens with two attached hydrogens (primary N) is 1. The summed E-state index contributed by atoms with van der Waals surface area (Å²) in [6.45, 7) is 0.616. The van der Waals surface area contributed by atoms with Crippen molar-refractivity contribution in [1.82, 2.24) is 4.98 Å². The Hall–Kier alpha value is -0.830. The first kappa shape index (κ1) is 8.75. The van der Waals surface area contributed by atoms with Crippen LogP contribution in [0.25, 0.3) is 0 Å². The fourth-order valence-electron chi connectivity index (χ4n) is 1.96. The number of aromatic nitrogens is 1. The summed E-state index contributed by atoms with van der Waals surface area (Å²) in [5.41, 5.74) is 5.42. The maximum atomic E-state index is 5.62. The Morgan fingerprint density at radius 1 is 1.46 bits per heavy atom. The summed E-state index contributed by atoms with van der Waals surface area (Å²) in [5, 5.41) is 0. The molecule has 0 spiro atoms. The molecule has 0 bridgehead atoms. The van der Waals surface area contributed by atoms with Crippen molar-refractivity contribution in [3.63, 3.8) is 0 Å². The molecule has 0 aromatic carbocycles. The second-order valence-corrected chi connectivity index (χ2v) is 3.68. The van der Waals surface area contributed by atoms with Gasteiger partial charge in [-0.2, -0.15) is 0 Å². The molecular formula is C10H16N2O. The van der Waals surface area contributed by atoms with Crippen LogP contribution in [0, 0.1) is 0 Å². The van der Waals surface area contributed by atoms with Crippen LogP contribution >= 0.6 is 0 Å². The zero-order valence-electron chi connectivity index (χ0n) is 7.83. The average Bonchev–Trinajstić information content (AvgIpc) is 2.70. The maximum absolute atomic E-state index is 5.62. The SMILES string of the molecule is NCCc1ncc(C2CCCC2)o1. The van der Waals surface area contributed by atoms with Crippen molar-refractivity contribution in [1.29, 1.82) is 0 Å². The molecule has 2 rings (SSSR count). The van der Waals surface area contributed by atoms with Crippen molar-refractivity contribution in [2.45, 2.75) is 38.0 Å². The van der Waals surface area contributed by atoms with Crippen molar-refractivity contribution >= 4 is 0 Å². The molecule has 1 aromatic heterocycles. The molecule has 0 aliphatic heterocycles. The third-order valence-electron chi connectivity index (χ3n) is 2.69. The van der Waals surface area contributed by atoms with Gasteiger partial charge in [0.2, 0.25) is 0 Å². The lowest BCUT2D eigenvalue weighted by Crippen LogP contribution is -2.02. The predicted molar refractivity (Wildman–Crippen MR) is 50.5 cm³/mol. The molecule has 1 saturated carbocycles. The van der Waals surface area contributed by atoms with Crippen LogP contribution in [0.3, 0.4) is 0 Å². The van der Waals surface area contributed by atoms with Gasteiger partial charge in [-0.25, -0.2) is 4.98 Å². The molecule has 0 radical (unpaired) electrons. The van der Waals surface area contributed by atoms with E-state index < -0.39 is 0 Å². The van der Waals surface area contributed by atoms with E-state index >= 15 is 0 Å². The highest BCUT2D eigenvalue weighted by Crippen LogP contribution is 2.34. The standard InChI is InChI=1S/C10H16N2O/c11-6-5-10-12-7-9(13-10)8-3-1-2-4-8/h7-8H,1-6,11H2. The highest BCUT2D eigenvalue weighted by molar-refractivity contribution is 5.03. The van der Waals surface area contributed by atoms with E-state index in [0.717, 1.165) is 18.1 Å². The fraction of sp³-hybridized carbons (Fsp3) is 0.700. The minimum absolute atomic E-state index is 0.616. The summed E-state index contributed by atoms with van der Waals surface area (Å²) >= 11 is 0. The van der Waals surface area contributed by atoms with E-state index in [0.29, 0.717) is 12.5 Å². The molecule has 1 aliphatic carbocycles. The Kier molecular flexibility index (Phi) is 2.64. The van der Waals surface area contributed by atoms with Crippen molar-refractivity contribution in [2.24, 2.45) is 5.73 Å². The number of nitrogens with zero attached hydrogens (tertiary/aromatic N) is 1. The van der Waals surface area contributed by atoms with Gasteiger partial charge in [0.05, 0.1) is 6.20 Å². The summed E-state index contributed by atoms with van der Waals surface area (Å²) in [7, 11) is 0. The van der Waals surface area contributed by atoms with Gasteiger partial charge < -0.3 is 10.2 Å². The van der Waals surface area contributed by atoms with Crippen LogP contribution in [0.15, 0.2) is 10.6 Å². The predicted octanol–water partition coefficient (Wildman–Crippen LogP) is 1.83. The van der Waals surface area contributed by atoms with Gasteiger partial charge in [0.15, 0.2) is 5.89 Å². The molecule has 0 amide bonds. The summed E-state index contributed by atoms with van der Waals surface area (Å²) in [5.74, 6) is 2.49. The van der Waals surface area contributed by atoms with Crippen LogP contribution in [0.1, 0.15) is 43.3 Å². The third-order valence-corrected chi connectivity index (χ3v) is 2.69. The van der Waals surface area contributed by atoms with Crippen LogP contribution in [0.5, 0.6) is 0 Å². The van der Waals surface area contributed by atoms with E-state index in [9.17, 15) is 0 Å². The Bertz CT molecular complexity index is 264. The van der Waals surface area contributed by atoms with Crippen molar-refractivity contribution < 1.29 is 4.42 Å². The van der Waals surface area contributed by atoms with Gasteiger partial charge in [-0.1, -0.05) is 12.8 Å². The fourth-order valence-corrected chi connectivity index (χ4v) is 1.96. The van der Waals surface area contributed by atoms with Gasteiger partial charge in [0, 0.05) is 18.9 Å². The monoisotopic (exact) mass is 180 g/mol. The second kappa shape index (κ2) is 3.92. The molecule has 1 aromatic rings. The van der Waals surface area contributed by atoms with Crippen LogP contribution in [-0.2, 0) is 6.42 Å². The number of rotatable bonds is 3. The lowest BCUT2D eigenvalue weighted by Gasteiger charge is -2.02. The average molecular weight is 180 g/mol. The molecule has 2 N–H and O–H groups in total. The lowest BCUT2D eigenvalue weighted by molar-refractivity contribution is 0.425. The normalized spacial score (nSPS) is 18.2. The molecule has 1 aliphatic rings. The molecule has 3 heteroatoms. The maximum Gasteiger partial charge on any atom is 0.195 e. The summed E-state index contributed by atoms with van der Waals surface area (Å²) in [4.78, 5) is 4.20. The van der Waals surface area contributed by atoms with Crippen molar-refractivity contribution in [3.05, 3.63) is 17.8 Å². The number of hydrogen-bond donors (Lipinski definition) is 1. The Labute approximate surface area is 78.3 Å². The molecule has 0 saturated heterocycles. The van der Waals surface area contributed by atoms with E-state index in [4.69, 9.17) is 10.2 Å². The first-order valence-corrected chi connectivity index (χ1v) is 5.05. The van der Waals surface area contributed by atoms with E-state index in [-0.39, 0.29) is 0 Å². The van der Waals surface area contributed by atoms with Crippen LogP contribution < -0.4 is 5.73 Å². The number of hydrogen-bond acceptors (Lipinski definition) is 3. The Morgan fingerprint density at radius 2 is 2.23 bits per heavy atom. The lowest BCUT2D eigenvalue weighted by atomic mass is 10.1. The minimum atomic E-state index is 0.616. The molecule has 13 heavy (non-hydrogen) atoms. The highest BCUT2D eigenvalue weighted by atomic mass is 16.4. The number of oxazole rings is 1. The first-order valence-electron chi connectivity index (χ1n) is 5.05. The zero-order chi connectivity index (χ0) is 9.10. The molecule has 1 heterocycles. The molecule has 72 valence electrons. The van der Waals surface area contributed by atoms with Crippen molar-refractivity contribution in [3.8, 4) is 0 Å². The third kappa shape index (κ3) is 1.91. The topological polar surface area (TPSA) is 52.0 Å². The van der Waals surface area contributed by atoms with Gasteiger partial charge in [-0.05, 0) is 12.8 Å². The summed E-state index contributed by atoms with van der Waals surface area (Å²) < 4.78 is 5.62. The van der Waals surface area contributed by atoms with E-state index in [1.807, 2.05) is 6.20 Å². The Morgan fingerprint density at radius 3 is 2.92 bits per heavy atom. The van der Waals surface area contributed by atoms with E-state index in [1.165, 1.54) is 25.7 Å².